The molecule has 0 saturated carbocycles. The van der Waals surface area contributed by atoms with Crippen molar-refractivity contribution in [2.75, 3.05) is 33.2 Å². The molecule has 0 unspecified atom stereocenters. The van der Waals surface area contributed by atoms with Gasteiger partial charge in [0.05, 0.1) is 12.2 Å². The van der Waals surface area contributed by atoms with Crippen molar-refractivity contribution in [3.05, 3.63) is 52.7 Å². The first-order chi connectivity index (χ1) is 15.0. The number of hydrogen-bond acceptors (Lipinski definition) is 4. The summed E-state index contributed by atoms with van der Waals surface area (Å²) < 4.78 is 5.75. The van der Waals surface area contributed by atoms with E-state index in [9.17, 15) is 0 Å². The van der Waals surface area contributed by atoms with Crippen molar-refractivity contribution in [2.24, 2.45) is 10.9 Å². The number of aromatic nitrogens is 1. The smallest absolute Gasteiger partial charge is 0.208 e. The van der Waals surface area contributed by atoms with Crippen LogP contribution in [-0.2, 0) is 19.5 Å². The van der Waals surface area contributed by atoms with E-state index in [4.69, 9.17) is 9.41 Å². The molecule has 1 aliphatic heterocycles. The van der Waals surface area contributed by atoms with E-state index < -0.39 is 0 Å². The minimum atomic E-state index is 0. The molecule has 1 aromatic carbocycles. The summed E-state index contributed by atoms with van der Waals surface area (Å²) in [7, 11) is 2.12. The van der Waals surface area contributed by atoms with Crippen molar-refractivity contribution >= 4 is 29.9 Å². The molecular formula is C25H40IN5O. The minimum absolute atomic E-state index is 0. The van der Waals surface area contributed by atoms with E-state index in [0.29, 0.717) is 5.92 Å². The number of likely N-dealkylation sites (tertiary alicyclic amines) is 1. The predicted molar refractivity (Wildman–Crippen MR) is 143 cm³/mol. The molecule has 1 fully saturated rings. The lowest BCUT2D eigenvalue weighted by Gasteiger charge is -2.30. The van der Waals surface area contributed by atoms with E-state index in [1.165, 1.54) is 24.0 Å². The molecule has 1 aliphatic rings. The highest BCUT2D eigenvalue weighted by atomic mass is 127. The first-order valence-corrected chi connectivity index (χ1v) is 11.7. The lowest BCUT2D eigenvalue weighted by Crippen LogP contribution is -2.39. The third kappa shape index (κ3) is 7.76. The Balaban J connectivity index is 0.00000363. The number of nitrogens with zero attached hydrogens (tertiary/aromatic N) is 4. The van der Waals surface area contributed by atoms with Crippen molar-refractivity contribution in [1.82, 2.24) is 20.1 Å². The number of aliphatic imine (C=N–C) groups is 1. The Morgan fingerprint density at radius 2 is 1.81 bits per heavy atom. The zero-order chi connectivity index (χ0) is 22.2. The number of guanidine groups is 1. The van der Waals surface area contributed by atoms with Crippen LogP contribution >= 0.6 is 24.0 Å². The normalized spacial score (nSPS) is 15.5. The molecule has 1 N–H and O–H groups in total. The van der Waals surface area contributed by atoms with E-state index in [2.05, 4.69) is 65.3 Å². The Kier molecular flexibility index (Phi) is 11.0. The fourth-order valence-corrected chi connectivity index (χ4v) is 4.04. The summed E-state index contributed by atoms with van der Waals surface area (Å²) in [5.74, 6) is 3.40. The quantitative estimate of drug-likeness (QED) is 0.290. The number of rotatable bonds is 8. The number of aryl methyl sites for hydroxylation is 3. The number of oxazole rings is 1. The van der Waals surface area contributed by atoms with E-state index >= 15 is 0 Å². The van der Waals surface area contributed by atoms with Gasteiger partial charge in [-0.25, -0.2) is 4.98 Å². The highest BCUT2D eigenvalue weighted by Crippen LogP contribution is 2.20. The van der Waals surface area contributed by atoms with Crippen LogP contribution in [0.4, 0.5) is 0 Å². The van der Waals surface area contributed by atoms with Crippen molar-refractivity contribution in [1.29, 1.82) is 0 Å². The highest BCUT2D eigenvalue weighted by molar-refractivity contribution is 14.0. The van der Waals surface area contributed by atoms with Crippen molar-refractivity contribution in [3.63, 3.8) is 0 Å². The van der Waals surface area contributed by atoms with E-state index in [0.717, 1.165) is 69.0 Å². The molecule has 2 heterocycles. The van der Waals surface area contributed by atoms with Crippen LogP contribution in [0, 0.1) is 19.8 Å². The molecule has 2 aromatic rings. The summed E-state index contributed by atoms with van der Waals surface area (Å²) in [6, 6.07) is 8.90. The van der Waals surface area contributed by atoms with Gasteiger partial charge in [-0.05, 0) is 70.2 Å². The Morgan fingerprint density at radius 3 is 2.38 bits per heavy atom. The second-order valence-corrected chi connectivity index (χ2v) is 8.69. The summed E-state index contributed by atoms with van der Waals surface area (Å²) in [6.07, 6.45) is 3.42. The second-order valence-electron chi connectivity index (χ2n) is 8.69. The van der Waals surface area contributed by atoms with E-state index in [1.807, 2.05) is 13.8 Å². The van der Waals surface area contributed by atoms with Crippen LogP contribution in [0.1, 0.15) is 55.2 Å². The van der Waals surface area contributed by atoms with Gasteiger partial charge in [0.25, 0.3) is 0 Å². The van der Waals surface area contributed by atoms with Crippen LogP contribution in [0.5, 0.6) is 0 Å². The Morgan fingerprint density at radius 1 is 1.16 bits per heavy atom. The molecule has 0 amide bonds. The lowest BCUT2D eigenvalue weighted by atomic mass is 9.97. The summed E-state index contributed by atoms with van der Waals surface area (Å²) in [4.78, 5) is 14.2. The predicted octanol–water partition coefficient (Wildman–Crippen LogP) is 4.78. The molecule has 7 heteroatoms. The topological polar surface area (TPSA) is 56.9 Å². The van der Waals surface area contributed by atoms with Crippen LogP contribution in [0.2, 0.25) is 0 Å². The van der Waals surface area contributed by atoms with Gasteiger partial charge >= 0.3 is 0 Å². The molecule has 0 aliphatic carbocycles. The van der Waals surface area contributed by atoms with Gasteiger partial charge < -0.3 is 14.6 Å². The van der Waals surface area contributed by atoms with Crippen molar-refractivity contribution < 1.29 is 4.42 Å². The van der Waals surface area contributed by atoms with Gasteiger partial charge in [-0.1, -0.05) is 31.2 Å². The molecule has 0 bridgehead atoms. The Labute approximate surface area is 210 Å². The average Bonchev–Trinajstić information content (AvgIpc) is 3.09. The molecule has 1 aromatic heterocycles. The summed E-state index contributed by atoms with van der Waals surface area (Å²) >= 11 is 0. The number of nitrogens with one attached hydrogen (secondary N) is 1. The lowest BCUT2D eigenvalue weighted by molar-refractivity contribution is 0.166. The third-order valence-electron chi connectivity index (χ3n) is 6.19. The zero-order valence-electron chi connectivity index (χ0n) is 20.4. The molecular weight excluding hydrogens is 513 g/mol. The number of halogens is 1. The standard InChI is InChI=1S/C25H39N5O.HI/c1-6-21-8-10-23(11-9-21)17-29(5)25(26-7-2)27-16-22-12-14-30(15-13-22)18-24-28-19(3)20(4)31-24;/h8-11,22H,6-7,12-18H2,1-5H3,(H,26,27);1H. The van der Waals surface area contributed by atoms with Gasteiger partial charge in [-0.15, -0.1) is 24.0 Å². The monoisotopic (exact) mass is 553 g/mol. The maximum absolute atomic E-state index is 5.75. The van der Waals surface area contributed by atoms with E-state index in [-0.39, 0.29) is 24.0 Å². The number of hydrogen-bond donors (Lipinski definition) is 1. The SMILES string of the molecule is CCNC(=NCC1CCN(Cc2nc(C)c(C)o2)CC1)N(C)Cc1ccc(CC)cc1.I. The maximum atomic E-state index is 5.75. The fraction of sp³-hybridized carbons (Fsp3) is 0.600. The van der Waals surface area contributed by atoms with Gasteiger partial charge in [0.15, 0.2) is 5.96 Å². The summed E-state index contributed by atoms with van der Waals surface area (Å²) in [5, 5.41) is 3.46. The molecule has 0 atom stereocenters. The highest BCUT2D eigenvalue weighted by Gasteiger charge is 2.21. The summed E-state index contributed by atoms with van der Waals surface area (Å²) in [6.45, 7) is 13.9. The molecule has 3 rings (SSSR count). The van der Waals surface area contributed by atoms with Gasteiger partial charge in [0, 0.05) is 26.7 Å². The van der Waals surface area contributed by atoms with Crippen molar-refractivity contribution in [3.8, 4) is 0 Å². The molecule has 0 radical (unpaired) electrons. The van der Waals surface area contributed by atoms with Crippen LogP contribution in [0.3, 0.4) is 0 Å². The fourth-order valence-electron chi connectivity index (χ4n) is 4.04. The van der Waals surface area contributed by atoms with Gasteiger partial charge in [0.1, 0.15) is 5.76 Å². The zero-order valence-corrected chi connectivity index (χ0v) is 22.7. The van der Waals surface area contributed by atoms with Crippen LogP contribution in [0.15, 0.2) is 33.7 Å². The van der Waals surface area contributed by atoms with Crippen molar-refractivity contribution in [2.45, 2.75) is 60.0 Å². The van der Waals surface area contributed by atoms with Gasteiger partial charge in [-0.2, -0.15) is 0 Å². The molecule has 0 spiro atoms. The Hall–Kier alpha value is -1.61. The summed E-state index contributed by atoms with van der Waals surface area (Å²) in [5.41, 5.74) is 3.70. The molecule has 32 heavy (non-hydrogen) atoms. The maximum Gasteiger partial charge on any atom is 0.208 e. The second kappa shape index (κ2) is 13.2. The molecule has 6 nitrogen and oxygen atoms in total. The van der Waals surface area contributed by atoms with Crippen LogP contribution < -0.4 is 5.32 Å². The van der Waals surface area contributed by atoms with Crippen LogP contribution in [0.25, 0.3) is 0 Å². The van der Waals surface area contributed by atoms with Gasteiger partial charge in [-0.3, -0.25) is 9.89 Å². The first kappa shape index (κ1) is 26.6. The minimum Gasteiger partial charge on any atom is -0.444 e. The number of piperidine rings is 1. The van der Waals surface area contributed by atoms with Gasteiger partial charge in [0.2, 0.25) is 5.89 Å². The molecule has 178 valence electrons. The largest absolute Gasteiger partial charge is 0.444 e. The van der Waals surface area contributed by atoms with E-state index in [1.54, 1.807) is 0 Å². The van der Waals surface area contributed by atoms with Crippen LogP contribution in [-0.4, -0.2) is 54.0 Å². The third-order valence-corrected chi connectivity index (χ3v) is 6.19. The molecule has 1 saturated heterocycles. The first-order valence-electron chi connectivity index (χ1n) is 11.7. The average molecular weight is 554 g/mol. The number of benzene rings is 1. The Bertz CT molecular complexity index is 821.